The zero-order valence-corrected chi connectivity index (χ0v) is 7.50. The number of nitrogens with one attached hydrogen (secondary N) is 1. The molecule has 0 heterocycles. The number of nitrogens with zero attached hydrogens (tertiary/aromatic N) is 1. The van der Waals surface area contributed by atoms with E-state index in [9.17, 15) is 13.6 Å². The highest BCUT2D eigenvalue weighted by Gasteiger charge is 2.01. The molecule has 2 amide bonds. The Hall–Kier alpha value is -2.18. The standard InChI is InChI=1S/C8H8F2N4O/c9-4-1-5(10)3-6(2-4)13-7(11)14-8(12)15/h1-3H,(H5,11,12,13,14,15). The molecule has 0 aliphatic carbocycles. The van der Waals surface area contributed by atoms with Crippen molar-refractivity contribution in [2.75, 3.05) is 0 Å². The fourth-order valence-electron chi connectivity index (χ4n) is 0.897. The van der Waals surface area contributed by atoms with Crippen molar-refractivity contribution in [2.24, 2.45) is 16.5 Å². The Morgan fingerprint density at radius 2 is 1.73 bits per heavy atom. The molecule has 1 aromatic rings. The molecule has 0 unspecified atom stereocenters. The van der Waals surface area contributed by atoms with Gasteiger partial charge in [-0.3, -0.25) is 5.32 Å². The van der Waals surface area contributed by atoms with E-state index in [1.165, 1.54) is 0 Å². The Morgan fingerprint density at radius 1 is 1.20 bits per heavy atom. The van der Waals surface area contributed by atoms with E-state index in [1.807, 2.05) is 5.32 Å². The molecular weight excluding hydrogens is 206 g/mol. The van der Waals surface area contributed by atoms with Gasteiger partial charge in [-0.1, -0.05) is 0 Å². The first kappa shape index (κ1) is 10.9. The average molecular weight is 214 g/mol. The number of hydrogen-bond donors (Lipinski definition) is 3. The summed E-state index contributed by atoms with van der Waals surface area (Å²) in [6, 6.07) is 1.70. The minimum absolute atomic E-state index is 0.0567. The van der Waals surface area contributed by atoms with Gasteiger partial charge in [-0.15, -0.1) is 0 Å². The smallest absolute Gasteiger partial charge is 0.318 e. The maximum atomic E-state index is 12.7. The minimum Gasteiger partial charge on any atom is -0.369 e. The highest BCUT2D eigenvalue weighted by atomic mass is 19.1. The van der Waals surface area contributed by atoms with Gasteiger partial charge in [0.25, 0.3) is 0 Å². The fraction of sp³-hybridized carbons (Fsp3) is 0. The molecule has 0 saturated carbocycles. The summed E-state index contributed by atoms with van der Waals surface area (Å²) < 4.78 is 25.4. The maximum absolute atomic E-state index is 12.7. The molecule has 0 aliphatic heterocycles. The van der Waals surface area contributed by atoms with Crippen molar-refractivity contribution in [3.8, 4) is 0 Å². The van der Waals surface area contributed by atoms with Crippen LogP contribution in [0.15, 0.2) is 23.2 Å². The summed E-state index contributed by atoms with van der Waals surface area (Å²) in [7, 11) is 0. The van der Waals surface area contributed by atoms with Crippen LogP contribution in [0.25, 0.3) is 0 Å². The van der Waals surface area contributed by atoms with E-state index in [2.05, 4.69) is 4.99 Å². The number of aliphatic imine (C=N–C) groups is 1. The molecule has 0 aliphatic rings. The minimum atomic E-state index is -0.909. The molecule has 0 aromatic heterocycles. The first-order chi connectivity index (χ1) is 6.97. The Labute approximate surface area is 83.8 Å². The van der Waals surface area contributed by atoms with Crippen LogP contribution in [0.5, 0.6) is 0 Å². The van der Waals surface area contributed by atoms with Crippen LogP contribution in [0.3, 0.4) is 0 Å². The van der Waals surface area contributed by atoms with Gasteiger partial charge in [0.15, 0.2) is 0 Å². The van der Waals surface area contributed by atoms with Crippen molar-refractivity contribution in [3.05, 3.63) is 29.8 Å². The Balaban J connectivity index is 2.92. The third-order valence-corrected chi connectivity index (χ3v) is 1.35. The van der Waals surface area contributed by atoms with Gasteiger partial charge in [0.05, 0.1) is 5.69 Å². The average Bonchev–Trinajstić information content (AvgIpc) is 1.98. The maximum Gasteiger partial charge on any atom is 0.318 e. The van der Waals surface area contributed by atoms with E-state index in [-0.39, 0.29) is 11.6 Å². The number of primary amides is 1. The predicted octanol–water partition coefficient (Wildman–Crippen LogP) is 0.579. The molecule has 80 valence electrons. The molecule has 0 fully saturated rings. The van der Waals surface area contributed by atoms with Crippen LogP contribution in [-0.4, -0.2) is 12.0 Å². The molecular formula is C8H8F2N4O. The van der Waals surface area contributed by atoms with E-state index in [0.29, 0.717) is 6.07 Å². The van der Waals surface area contributed by atoms with Gasteiger partial charge in [-0.25, -0.2) is 18.6 Å². The van der Waals surface area contributed by atoms with E-state index in [0.717, 1.165) is 12.1 Å². The van der Waals surface area contributed by atoms with Crippen molar-refractivity contribution < 1.29 is 13.6 Å². The molecule has 0 radical (unpaired) electrons. The fourth-order valence-corrected chi connectivity index (χ4v) is 0.897. The van der Waals surface area contributed by atoms with Gasteiger partial charge in [0.2, 0.25) is 5.96 Å². The molecule has 7 heteroatoms. The number of carbonyl (C=O) groups excluding carboxylic acids is 1. The summed E-state index contributed by atoms with van der Waals surface area (Å²) in [6.07, 6.45) is 0. The topological polar surface area (TPSA) is 93.5 Å². The molecule has 1 aromatic carbocycles. The summed E-state index contributed by atoms with van der Waals surface area (Å²) in [5, 5.41) is 1.95. The van der Waals surface area contributed by atoms with E-state index < -0.39 is 17.7 Å². The first-order valence-corrected chi connectivity index (χ1v) is 3.84. The van der Waals surface area contributed by atoms with E-state index >= 15 is 0 Å². The van der Waals surface area contributed by atoms with Crippen molar-refractivity contribution in [3.63, 3.8) is 0 Å². The van der Waals surface area contributed by atoms with Gasteiger partial charge >= 0.3 is 6.03 Å². The van der Waals surface area contributed by atoms with E-state index in [1.54, 1.807) is 0 Å². The van der Waals surface area contributed by atoms with Crippen molar-refractivity contribution in [1.29, 1.82) is 0 Å². The quantitative estimate of drug-likeness (QED) is 0.471. The third kappa shape index (κ3) is 3.59. The predicted molar refractivity (Wildman–Crippen MR) is 50.4 cm³/mol. The summed E-state index contributed by atoms with van der Waals surface area (Å²) >= 11 is 0. The molecule has 1 rings (SSSR count). The van der Waals surface area contributed by atoms with Crippen LogP contribution in [-0.2, 0) is 0 Å². The number of amides is 2. The van der Waals surface area contributed by atoms with Crippen molar-refractivity contribution in [2.45, 2.75) is 0 Å². The molecule has 0 atom stereocenters. The normalized spacial score (nSPS) is 11.2. The zero-order chi connectivity index (χ0) is 11.4. The van der Waals surface area contributed by atoms with Crippen LogP contribution < -0.4 is 16.8 Å². The third-order valence-electron chi connectivity index (χ3n) is 1.35. The Kier molecular flexibility index (Phi) is 3.17. The van der Waals surface area contributed by atoms with Crippen LogP contribution >= 0.6 is 0 Å². The molecule has 0 spiro atoms. The number of benzene rings is 1. The number of nitrogens with two attached hydrogens (primary N) is 2. The Bertz CT molecular complexity index is 399. The van der Waals surface area contributed by atoms with Gasteiger partial charge in [-0.2, -0.15) is 0 Å². The lowest BCUT2D eigenvalue weighted by Crippen LogP contribution is -2.39. The number of carbonyl (C=O) groups is 1. The van der Waals surface area contributed by atoms with Crippen LogP contribution in [0, 0.1) is 11.6 Å². The molecule has 0 bridgehead atoms. The summed E-state index contributed by atoms with van der Waals surface area (Å²) in [6.45, 7) is 0. The highest BCUT2D eigenvalue weighted by molar-refractivity contribution is 5.95. The van der Waals surface area contributed by atoms with Crippen molar-refractivity contribution in [1.82, 2.24) is 5.32 Å². The second-order valence-electron chi connectivity index (χ2n) is 2.61. The highest BCUT2D eigenvalue weighted by Crippen LogP contribution is 2.15. The number of halogens is 2. The summed E-state index contributed by atoms with van der Waals surface area (Å²) in [5.41, 5.74) is 9.89. The van der Waals surface area contributed by atoms with Gasteiger partial charge < -0.3 is 11.5 Å². The van der Waals surface area contributed by atoms with Crippen LogP contribution in [0.4, 0.5) is 19.3 Å². The largest absolute Gasteiger partial charge is 0.369 e. The monoisotopic (exact) mass is 214 g/mol. The van der Waals surface area contributed by atoms with E-state index in [4.69, 9.17) is 11.5 Å². The lowest BCUT2D eigenvalue weighted by Gasteiger charge is -2.00. The summed E-state index contributed by atoms with van der Waals surface area (Å²) in [4.78, 5) is 13.9. The number of rotatable bonds is 1. The second kappa shape index (κ2) is 4.36. The van der Waals surface area contributed by atoms with Crippen molar-refractivity contribution >= 4 is 17.7 Å². The Morgan fingerprint density at radius 3 is 2.20 bits per heavy atom. The SMILES string of the molecule is NC(=O)NC(N)=Nc1cc(F)cc(F)c1. The number of guanidine groups is 1. The molecule has 5 N–H and O–H groups in total. The van der Waals surface area contributed by atoms with Gasteiger partial charge in [0, 0.05) is 6.07 Å². The number of hydrogen-bond acceptors (Lipinski definition) is 2. The molecule has 5 nitrogen and oxygen atoms in total. The lowest BCUT2D eigenvalue weighted by molar-refractivity contribution is 0.253. The summed E-state index contributed by atoms with van der Waals surface area (Å²) in [5.74, 6) is -1.92. The van der Waals surface area contributed by atoms with Gasteiger partial charge in [0.1, 0.15) is 11.6 Å². The second-order valence-corrected chi connectivity index (χ2v) is 2.61. The number of urea groups is 1. The van der Waals surface area contributed by atoms with Crippen LogP contribution in [0.2, 0.25) is 0 Å². The molecule has 15 heavy (non-hydrogen) atoms. The van der Waals surface area contributed by atoms with Gasteiger partial charge in [-0.05, 0) is 12.1 Å². The van der Waals surface area contributed by atoms with Crippen LogP contribution in [0.1, 0.15) is 0 Å². The lowest BCUT2D eigenvalue weighted by atomic mass is 10.3. The first-order valence-electron chi connectivity index (χ1n) is 3.84. The zero-order valence-electron chi connectivity index (χ0n) is 7.50. The molecule has 0 saturated heterocycles.